The van der Waals surface area contributed by atoms with Crippen LogP contribution in [0.15, 0.2) is 36.5 Å². The molecule has 4 rings (SSSR count). The predicted molar refractivity (Wildman–Crippen MR) is 125 cm³/mol. The summed E-state index contributed by atoms with van der Waals surface area (Å²) in [5.74, 6) is 0.316. The lowest BCUT2D eigenvalue weighted by atomic mass is 9.96. The monoisotopic (exact) mass is 402 g/mol. The molecule has 0 bridgehead atoms. The van der Waals surface area contributed by atoms with Crippen molar-refractivity contribution in [1.29, 1.82) is 0 Å². The van der Waals surface area contributed by atoms with Crippen molar-refractivity contribution in [3.8, 4) is 0 Å². The average molecular weight is 403 g/mol. The largest absolute Gasteiger partial charge is 0.351 e. The van der Waals surface area contributed by atoms with E-state index < -0.39 is 0 Å². The first kappa shape index (κ1) is 20.4. The number of aryl methyl sites for hydroxylation is 2. The van der Waals surface area contributed by atoms with Crippen LogP contribution in [-0.4, -0.2) is 47.5 Å². The van der Waals surface area contributed by atoms with E-state index >= 15 is 0 Å². The molecule has 0 saturated heterocycles. The number of fused-ring (bicyclic) bond motifs is 4. The lowest BCUT2D eigenvalue weighted by Crippen LogP contribution is -2.31. The minimum absolute atomic E-state index is 0.0298. The molecule has 0 radical (unpaired) electrons. The fourth-order valence-corrected chi connectivity index (χ4v) is 4.41. The molecular weight excluding hydrogens is 372 g/mol. The summed E-state index contributed by atoms with van der Waals surface area (Å²) < 4.78 is 2.24. The highest BCUT2D eigenvalue weighted by Crippen LogP contribution is 2.37. The van der Waals surface area contributed by atoms with Gasteiger partial charge in [-0.3, -0.25) is 9.78 Å². The van der Waals surface area contributed by atoms with Gasteiger partial charge in [0.05, 0.1) is 11.2 Å². The number of benzene rings is 2. The minimum Gasteiger partial charge on any atom is -0.351 e. The molecule has 156 valence electrons. The van der Waals surface area contributed by atoms with E-state index in [2.05, 4.69) is 65.8 Å². The highest BCUT2D eigenvalue weighted by atomic mass is 16.1. The molecule has 2 aromatic carbocycles. The Bertz CT molecular complexity index is 1270. The Kier molecular flexibility index (Phi) is 5.24. The molecule has 0 aliphatic rings. The highest BCUT2D eigenvalue weighted by Gasteiger charge is 2.17. The minimum atomic E-state index is -0.0298. The summed E-state index contributed by atoms with van der Waals surface area (Å²) in [6.07, 6.45) is 1.91. The van der Waals surface area contributed by atoms with Crippen molar-refractivity contribution in [3.63, 3.8) is 0 Å². The van der Waals surface area contributed by atoms with Gasteiger partial charge in [-0.1, -0.05) is 13.8 Å². The van der Waals surface area contributed by atoms with E-state index in [0.29, 0.717) is 18.0 Å². The number of carbonyl (C=O) groups is 1. The second-order valence-corrected chi connectivity index (χ2v) is 8.69. The van der Waals surface area contributed by atoms with Crippen molar-refractivity contribution in [1.82, 2.24) is 19.8 Å². The Morgan fingerprint density at radius 3 is 2.57 bits per heavy atom. The van der Waals surface area contributed by atoms with Crippen LogP contribution >= 0.6 is 0 Å². The van der Waals surface area contributed by atoms with Crippen LogP contribution < -0.4 is 5.32 Å². The Labute approximate surface area is 177 Å². The average Bonchev–Trinajstić information content (AvgIpc) is 2.99. The molecule has 2 aromatic heterocycles. The molecule has 0 aliphatic carbocycles. The molecule has 0 atom stereocenters. The highest BCUT2D eigenvalue weighted by molar-refractivity contribution is 6.16. The van der Waals surface area contributed by atoms with E-state index in [1.165, 1.54) is 27.2 Å². The maximum absolute atomic E-state index is 12.7. The van der Waals surface area contributed by atoms with Crippen molar-refractivity contribution < 1.29 is 4.79 Å². The first-order valence-corrected chi connectivity index (χ1v) is 10.5. The lowest BCUT2D eigenvalue weighted by molar-refractivity contribution is 0.0951. The van der Waals surface area contributed by atoms with Crippen molar-refractivity contribution >= 4 is 38.5 Å². The number of likely N-dealkylation sites (N-methyl/N-ethyl adjacent to an activating group) is 1. The number of hydrogen-bond acceptors (Lipinski definition) is 3. The van der Waals surface area contributed by atoms with Gasteiger partial charge in [-0.15, -0.1) is 0 Å². The van der Waals surface area contributed by atoms with Gasteiger partial charge < -0.3 is 14.8 Å². The van der Waals surface area contributed by atoms with Crippen LogP contribution in [0.4, 0.5) is 0 Å². The standard InChI is InChI=1S/C25H30N4O/c1-15(2)23-20-14-21-19-13-17(25(30)27-11-12-28(4)5)7-8-22(19)29(6)24(21)16(3)18(20)9-10-26-23/h7-10,13-15H,11-12H2,1-6H3,(H,27,30). The lowest BCUT2D eigenvalue weighted by Gasteiger charge is -2.12. The molecule has 0 fully saturated rings. The number of pyridine rings is 1. The molecule has 2 heterocycles. The molecule has 5 heteroatoms. The number of amides is 1. The zero-order valence-electron chi connectivity index (χ0n) is 18.7. The summed E-state index contributed by atoms with van der Waals surface area (Å²) >= 11 is 0. The van der Waals surface area contributed by atoms with E-state index in [1.54, 1.807) is 0 Å². The molecule has 0 aliphatic heterocycles. The van der Waals surface area contributed by atoms with Gasteiger partial charge in [-0.2, -0.15) is 0 Å². The smallest absolute Gasteiger partial charge is 0.251 e. The predicted octanol–water partition coefficient (Wildman–Crippen LogP) is 4.60. The van der Waals surface area contributed by atoms with Crippen LogP contribution in [0.2, 0.25) is 0 Å². The van der Waals surface area contributed by atoms with Crippen molar-refractivity contribution in [2.45, 2.75) is 26.7 Å². The normalized spacial score (nSPS) is 12.0. The molecular formula is C25H30N4O. The molecule has 0 spiro atoms. The maximum Gasteiger partial charge on any atom is 0.251 e. The molecule has 4 aromatic rings. The SMILES string of the molecule is Cc1c2ccnc(C(C)C)c2cc2c3cc(C(=O)NCCN(C)C)ccc3n(C)c12. The molecule has 1 N–H and O–H groups in total. The van der Waals surface area contributed by atoms with Crippen LogP contribution in [0, 0.1) is 6.92 Å². The number of hydrogen-bond donors (Lipinski definition) is 1. The van der Waals surface area contributed by atoms with Gasteiger partial charge in [0.25, 0.3) is 5.91 Å². The van der Waals surface area contributed by atoms with Crippen LogP contribution in [0.5, 0.6) is 0 Å². The quantitative estimate of drug-likeness (QED) is 0.531. The summed E-state index contributed by atoms with van der Waals surface area (Å²) in [5, 5.41) is 7.75. The third-order valence-corrected chi connectivity index (χ3v) is 5.96. The second kappa shape index (κ2) is 7.73. The fourth-order valence-electron chi connectivity index (χ4n) is 4.41. The molecule has 5 nitrogen and oxygen atoms in total. The van der Waals surface area contributed by atoms with E-state index in [-0.39, 0.29) is 5.91 Å². The van der Waals surface area contributed by atoms with Crippen LogP contribution in [0.3, 0.4) is 0 Å². The van der Waals surface area contributed by atoms with E-state index in [4.69, 9.17) is 0 Å². The van der Waals surface area contributed by atoms with Crippen molar-refractivity contribution in [2.75, 3.05) is 27.2 Å². The summed E-state index contributed by atoms with van der Waals surface area (Å²) in [6.45, 7) is 7.99. The first-order chi connectivity index (χ1) is 14.3. The number of carbonyl (C=O) groups excluding carboxylic acids is 1. The third-order valence-electron chi connectivity index (χ3n) is 5.96. The van der Waals surface area contributed by atoms with Gasteiger partial charge in [0, 0.05) is 53.6 Å². The van der Waals surface area contributed by atoms with Crippen LogP contribution in [-0.2, 0) is 7.05 Å². The molecule has 0 unspecified atom stereocenters. The zero-order chi connectivity index (χ0) is 21.6. The summed E-state index contributed by atoms with van der Waals surface area (Å²) in [6, 6.07) is 10.4. The van der Waals surface area contributed by atoms with E-state index in [0.717, 1.165) is 23.1 Å². The van der Waals surface area contributed by atoms with E-state index in [9.17, 15) is 4.79 Å². The Morgan fingerprint density at radius 2 is 1.87 bits per heavy atom. The van der Waals surface area contributed by atoms with Gasteiger partial charge >= 0.3 is 0 Å². The summed E-state index contributed by atoms with van der Waals surface area (Å²) in [5.41, 5.74) is 5.41. The van der Waals surface area contributed by atoms with Crippen LogP contribution in [0.1, 0.15) is 41.4 Å². The Balaban J connectivity index is 1.91. The third kappa shape index (κ3) is 3.33. The number of nitrogens with one attached hydrogen (secondary N) is 1. The van der Waals surface area contributed by atoms with Gasteiger partial charge in [-0.25, -0.2) is 0 Å². The summed E-state index contributed by atoms with van der Waals surface area (Å²) in [7, 11) is 6.10. The second-order valence-electron chi connectivity index (χ2n) is 8.69. The van der Waals surface area contributed by atoms with Gasteiger partial charge in [0.15, 0.2) is 0 Å². The zero-order valence-corrected chi connectivity index (χ0v) is 18.7. The van der Waals surface area contributed by atoms with E-state index in [1.807, 2.05) is 32.4 Å². The number of rotatable bonds is 5. The topological polar surface area (TPSA) is 50.2 Å². The maximum atomic E-state index is 12.7. The van der Waals surface area contributed by atoms with Gasteiger partial charge in [0.2, 0.25) is 0 Å². The Morgan fingerprint density at radius 1 is 1.10 bits per heavy atom. The first-order valence-electron chi connectivity index (χ1n) is 10.5. The number of nitrogens with zero attached hydrogens (tertiary/aromatic N) is 3. The fraction of sp³-hybridized carbons (Fsp3) is 0.360. The van der Waals surface area contributed by atoms with Crippen molar-refractivity contribution in [2.24, 2.45) is 7.05 Å². The Hall–Kier alpha value is -2.92. The molecule has 0 saturated carbocycles. The van der Waals surface area contributed by atoms with Crippen LogP contribution in [0.25, 0.3) is 32.6 Å². The number of aromatic nitrogens is 2. The summed E-state index contributed by atoms with van der Waals surface area (Å²) in [4.78, 5) is 19.4. The van der Waals surface area contributed by atoms with Gasteiger partial charge in [0.1, 0.15) is 0 Å². The van der Waals surface area contributed by atoms with Crippen molar-refractivity contribution in [3.05, 3.63) is 53.3 Å². The van der Waals surface area contributed by atoms with Gasteiger partial charge in [-0.05, 0) is 68.2 Å². The molecule has 30 heavy (non-hydrogen) atoms. The molecule has 1 amide bonds.